The number of nitrogens with one attached hydrogen (secondary N) is 1. The van der Waals surface area contributed by atoms with E-state index in [2.05, 4.69) is 15.4 Å². The van der Waals surface area contributed by atoms with Crippen LogP contribution in [0.4, 0.5) is 0 Å². The van der Waals surface area contributed by atoms with E-state index in [1.54, 1.807) is 6.20 Å². The van der Waals surface area contributed by atoms with E-state index in [-0.39, 0.29) is 17.9 Å². The van der Waals surface area contributed by atoms with E-state index in [1.807, 2.05) is 40.9 Å². The van der Waals surface area contributed by atoms with Crippen LogP contribution in [-0.2, 0) is 29.6 Å². The lowest BCUT2D eigenvalue weighted by molar-refractivity contribution is -0.132. The highest BCUT2D eigenvalue weighted by molar-refractivity contribution is 5.77. The lowest BCUT2D eigenvalue weighted by atomic mass is 10.1. The molecular formula is C19H25N5O2. The van der Waals surface area contributed by atoms with Crippen molar-refractivity contribution in [1.29, 1.82) is 0 Å². The Balaban J connectivity index is 1.65. The zero-order valence-corrected chi connectivity index (χ0v) is 15.3. The fourth-order valence-corrected chi connectivity index (χ4v) is 3.40. The topological polar surface area (TPSA) is 80.1 Å². The molecule has 3 rings (SSSR count). The summed E-state index contributed by atoms with van der Waals surface area (Å²) in [6.45, 7) is 2.67. The molecule has 1 N–H and O–H groups in total. The molecule has 0 spiro atoms. The minimum atomic E-state index is -0.0787. The molecule has 26 heavy (non-hydrogen) atoms. The van der Waals surface area contributed by atoms with E-state index in [9.17, 15) is 9.59 Å². The Labute approximate surface area is 153 Å². The molecule has 3 heterocycles. The highest BCUT2D eigenvalue weighted by atomic mass is 16.2. The number of hydrogen-bond donors (Lipinski definition) is 1. The van der Waals surface area contributed by atoms with Gasteiger partial charge < -0.3 is 10.2 Å². The van der Waals surface area contributed by atoms with Crippen molar-refractivity contribution < 1.29 is 9.59 Å². The summed E-state index contributed by atoms with van der Waals surface area (Å²) in [7, 11) is 1.89. The van der Waals surface area contributed by atoms with E-state index in [1.165, 1.54) is 6.92 Å². The van der Waals surface area contributed by atoms with Crippen LogP contribution >= 0.6 is 0 Å². The first-order valence-corrected chi connectivity index (χ1v) is 9.01. The predicted molar refractivity (Wildman–Crippen MR) is 97.0 cm³/mol. The van der Waals surface area contributed by atoms with E-state index in [0.29, 0.717) is 19.4 Å². The molecule has 2 aromatic rings. The standard InChI is InChI=1S/C19H25N5O2/c1-14(25)20-13-15-5-3-6-17(22-15)18-7-4-12-24(18)19(26)9-8-16-10-11-21-23(16)2/h3,5-6,10-11,18H,4,7-9,12-13H2,1-2H3,(H,20,25)/t18-/m1/s1. The summed E-state index contributed by atoms with van der Waals surface area (Å²) in [5.41, 5.74) is 2.77. The number of nitrogens with zero attached hydrogens (tertiary/aromatic N) is 4. The Morgan fingerprint density at radius 1 is 1.31 bits per heavy atom. The van der Waals surface area contributed by atoms with Gasteiger partial charge in [0.25, 0.3) is 0 Å². The summed E-state index contributed by atoms with van der Waals surface area (Å²) in [4.78, 5) is 30.4. The first-order valence-electron chi connectivity index (χ1n) is 9.01. The van der Waals surface area contributed by atoms with Gasteiger partial charge in [-0.3, -0.25) is 19.3 Å². The molecule has 1 fully saturated rings. The van der Waals surface area contributed by atoms with Gasteiger partial charge in [0.2, 0.25) is 11.8 Å². The smallest absolute Gasteiger partial charge is 0.223 e. The Kier molecular flexibility index (Phi) is 5.65. The van der Waals surface area contributed by atoms with E-state index < -0.39 is 0 Å². The second-order valence-corrected chi connectivity index (χ2v) is 6.65. The molecule has 1 saturated heterocycles. The molecule has 138 valence electrons. The van der Waals surface area contributed by atoms with Crippen LogP contribution in [0.1, 0.15) is 49.3 Å². The molecule has 0 unspecified atom stereocenters. The van der Waals surface area contributed by atoms with Gasteiger partial charge in [-0.15, -0.1) is 0 Å². The zero-order chi connectivity index (χ0) is 18.5. The molecule has 0 aromatic carbocycles. The van der Waals surface area contributed by atoms with Crippen molar-refractivity contribution in [2.45, 2.75) is 45.2 Å². The van der Waals surface area contributed by atoms with Gasteiger partial charge >= 0.3 is 0 Å². The van der Waals surface area contributed by atoms with Crippen molar-refractivity contribution in [3.8, 4) is 0 Å². The van der Waals surface area contributed by atoms with Crippen molar-refractivity contribution in [3.05, 3.63) is 47.5 Å². The first kappa shape index (κ1) is 18.1. The third-order valence-corrected chi connectivity index (χ3v) is 4.78. The number of aromatic nitrogens is 3. The Morgan fingerprint density at radius 3 is 2.88 bits per heavy atom. The Hall–Kier alpha value is -2.70. The van der Waals surface area contributed by atoms with Gasteiger partial charge in [-0.05, 0) is 37.5 Å². The molecular weight excluding hydrogens is 330 g/mol. The number of carbonyl (C=O) groups is 2. The SMILES string of the molecule is CC(=O)NCc1cccc([C@H]2CCCN2C(=O)CCc2ccnn2C)n1. The van der Waals surface area contributed by atoms with E-state index in [4.69, 9.17) is 0 Å². The summed E-state index contributed by atoms with van der Waals surface area (Å²) >= 11 is 0. The molecule has 2 amide bonds. The number of rotatable bonds is 6. The minimum Gasteiger partial charge on any atom is -0.351 e. The van der Waals surface area contributed by atoms with Crippen LogP contribution in [0.25, 0.3) is 0 Å². The highest BCUT2D eigenvalue weighted by Gasteiger charge is 2.30. The predicted octanol–water partition coefficient (Wildman–Crippen LogP) is 1.75. The second kappa shape index (κ2) is 8.12. The monoisotopic (exact) mass is 355 g/mol. The molecule has 7 nitrogen and oxygen atoms in total. The van der Waals surface area contributed by atoms with E-state index >= 15 is 0 Å². The lowest BCUT2D eigenvalue weighted by Crippen LogP contribution is -2.31. The highest BCUT2D eigenvalue weighted by Crippen LogP contribution is 2.31. The summed E-state index contributed by atoms with van der Waals surface area (Å²) in [6, 6.07) is 7.77. The minimum absolute atomic E-state index is 0.0197. The van der Waals surface area contributed by atoms with Crippen molar-refractivity contribution in [2.24, 2.45) is 7.05 Å². The molecule has 1 atom stereocenters. The first-order chi connectivity index (χ1) is 12.5. The second-order valence-electron chi connectivity index (χ2n) is 6.65. The fraction of sp³-hybridized carbons (Fsp3) is 0.474. The van der Waals surface area contributed by atoms with Crippen LogP contribution in [0.2, 0.25) is 0 Å². The van der Waals surface area contributed by atoms with Gasteiger partial charge in [0, 0.05) is 38.8 Å². The molecule has 7 heteroatoms. The zero-order valence-electron chi connectivity index (χ0n) is 15.3. The lowest BCUT2D eigenvalue weighted by Gasteiger charge is -2.25. The van der Waals surface area contributed by atoms with Crippen LogP contribution in [-0.4, -0.2) is 38.0 Å². The number of carbonyl (C=O) groups excluding carboxylic acids is 2. The van der Waals surface area contributed by atoms with Gasteiger partial charge in [0.15, 0.2) is 0 Å². The number of likely N-dealkylation sites (tertiary alicyclic amines) is 1. The van der Waals surface area contributed by atoms with Crippen LogP contribution in [0.5, 0.6) is 0 Å². The number of aryl methyl sites for hydroxylation is 2. The summed E-state index contributed by atoms with van der Waals surface area (Å²) in [5, 5.41) is 6.91. The summed E-state index contributed by atoms with van der Waals surface area (Å²) in [5.74, 6) is 0.0767. The maximum absolute atomic E-state index is 12.7. The quantitative estimate of drug-likeness (QED) is 0.856. The fourth-order valence-electron chi connectivity index (χ4n) is 3.40. The Morgan fingerprint density at radius 2 is 2.15 bits per heavy atom. The van der Waals surface area contributed by atoms with Crippen LogP contribution in [0.3, 0.4) is 0 Å². The van der Waals surface area contributed by atoms with Gasteiger partial charge in [-0.2, -0.15) is 5.10 Å². The molecule has 0 saturated carbocycles. The average molecular weight is 355 g/mol. The number of amides is 2. The maximum atomic E-state index is 12.7. The summed E-state index contributed by atoms with van der Waals surface area (Å²) in [6.07, 6.45) is 4.83. The molecule has 1 aliphatic heterocycles. The van der Waals surface area contributed by atoms with Crippen LogP contribution in [0, 0.1) is 0 Å². The molecule has 0 radical (unpaired) electrons. The van der Waals surface area contributed by atoms with Crippen LogP contribution < -0.4 is 5.32 Å². The van der Waals surface area contributed by atoms with E-state index in [0.717, 1.165) is 36.5 Å². The molecule has 2 aromatic heterocycles. The van der Waals surface area contributed by atoms with Crippen molar-refractivity contribution in [1.82, 2.24) is 25.0 Å². The normalized spacial score (nSPS) is 16.7. The molecule has 0 bridgehead atoms. The molecule has 1 aliphatic rings. The number of hydrogen-bond acceptors (Lipinski definition) is 4. The third-order valence-electron chi connectivity index (χ3n) is 4.78. The van der Waals surface area contributed by atoms with Gasteiger partial charge in [-0.1, -0.05) is 6.07 Å². The maximum Gasteiger partial charge on any atom is 0.223 e. The van der Waals surface area contributed by atoms with Gasteiger partial charge in [0.1, 0.15) is 0 Å². The van der Waals surface area contributed by atoms with Crippen LogP contribution in [0.15, 0.2) is 30.5 Å². The number of pyridine rings is 1. The Bertz CT molecular complexity index is 786. The van der Waals surface area contributed by atoms with Crippen molar-refractivity contribution in [3.63, 3.8) is 0 Å². The largest absolute Gasteiger partial charge is 0.351 e. The average Bonchev–Trinajstić information content (AvgIpc) is 3.27. The van der Waals surface area contributed by atoms with Gasteiger partial charge in [0.05, 0.1) is 24.0 Å². The van der Waals surface area contributed by atoms with Crippen molar-refractivity contribution >= 4 is 11.8 Å². The van der Waals surface area contributed by atoms with Crippen molar-refractivity contribution in [2.75, 3.05) is 6.54 Å². The summed E-state index contributed by atoms with van der Waals surface area (Å²) < 4.78 is 1.81. The van der Waals surface area contributed by atoms with Gasteiger partial charge in [-0.25, -0.2) is 0 Å². The molecule has 0 aliphatic carbocycles. The third kappa shape index (κ3) is 4.28.